The second-order valence-corrected chi connectivity index (χ2v) is 6.38. The van der Waals surface area contributed by atoms with Gasteiger partial charge in [0.05, 0.1) is 6.54 Å². The lowest BCUT2D eigenvalue weighted by molar-refractivity contribution is -0.708. The molecule has 22 heavy (non-hydrogen) atoms. The first-order chi connectivity index (χ1) is 10.8. The lowest BCUT2D eigenvalue weighted by Gasteiger charge is -2.04. The third-order valence-electron chi connectivity index (χ3n) is 4.42. The minimum absolute atomic E-state index is 0.834. The standard InChI is InChI=1S/C18H36N4/c1-17-21-16-18(12-8-4-2-5-9-13-19)22(17)15-11-7-3-6-10-14-20/h16H,2-15,19-20H2,1H3/p+1. The van der Waals surface area contributed by atoms with Gasteiger partial charge in [0, 0.05) is 13.3 Å². The molecule has 5 N–H and O–H groups in total. The number of rotatable bonds is 14. The average Bonchev–Trinajstić information content (AvgIpc) is 2.87. The Morgan fingerprint density at radius 1 is 0.818 bits per heavy atom. The number of hydrogen-bond acceptors (Lipinski definition) is 2. The van der Waals surface area contributed by atoms with Crippen molar-refractivity contribution in [2.75, 3.05) is 13.1 Å². The van der Waals surface area contributed by atoms with Gasteiger partial charge >= 0.3 is 0 Å². The van der Waals surface area contributed by atoms with E-state index in [1.165, 1.54) is 82.1 Å². The molecule has 1 rings (SSSR count). The van der Waals surface area contributed by atoms with Crippen molar-refractivity contribution in [2.24, 2.45) is 11.5 Å². The Kier molecular flexibility index (Phi) is 11.0. The Balaban J connectivity index is 2.21. The maximum Gasteiger partial charge on any atom is 0.251 e. The van der Waals surface area contributed by atoms with Crippen molar-refractivity contribution in [1.82, 2.24) is 4.98 Å². The number of nitrogens with one attached hydrogen (secondary N) is 1. The van der Waals surface area contributed by atoms with Crippen molar-refractivity contribution in [3.8, 4) is 0 Å². The molecule has 0 unspecified atom stereocenters. The van der Waals surface area contributed by atoms with Crippen molar-refractivity contribution < 1.29 is 4.57 Å². The Morgan fingerprint density at radius 3 is 2.00 bits per heavy atom. The summed E-state index contributed by atoms with van der Waals surface area (Å²) in [4.78, 5) is 3.39. The minimum Gasteiger partial charge on any atom is -0.330 e. The normalized spacial score (nSPS) is 11.2. The number of H-pyrrole nitrogens is 1. The molecule has 0 amide bonds. The third kappa shape index (κ3) is 7.95. The molecule has 0 aromatic carbocycles. The summed E-state index contributed by atoms with van der Waals surface area (Å²) in [6, 6.07) is 0. The van der Waals surface area contributed by atoms with Gasteiger partial charge in [-0.3, -0.25) is 0 Å². The number of hydrogen-bond donors (Lipinski definition) is 3. The average molecular weight is 310 g/mol. The van der Waals surface area contributed by atoms with E-state index in [4.69, 9.17) is 11.5 Å². The highest BCUT2D eigenvalue weighted by atomic mass is 15.1. The highest BCUT2D eigenvalue weighted by molar-refractivity contribution is 4.90. The van der Waals surface area contributed by atoms with E-state index in [2.05, 4.69) is 22.7 Å². The molecule has 0 saturated carbocycles. The first-order valence-electron chi connectivity index (χ1n) is 9.26. The van der Waals surface area contributed by atoms with Crippen LogP contribution in [-0.4, -0.2) is 18.1 Å². The second-order valence-electron chi connectivity index (χ2n) is 6.38. The van der Waals surface area contributed by atoms with E-state index in [0.29, 0.717) is 0 Å². The van der Waals surface area contributed by atoms with Crippen LogP contribution in [0.25, 0.3) is 0 Å². The number of imidazole rings is 1. The topological polar surface area (TPSA) is 71.7 Å². The van der Waals surface area contributed by atoms with Crippen molar-refractivity contribution >= 4 is 0 Å². The molecule has 0 spiro atoms. The van der Waals surface area contributed by atoms with Gasteiger partial charge in [-0.05, 0) is 45.2 Å². The fourth-order valence-electron chi connectivity index (χ4n) is 3.00. The van der Waals surface area contributed by atoms with Gasteiger partial charge in [-0.1, -0.05) is 32.1 Å². The molecule has 0 radical (unpaired) electrons. The monoisotopic (exact) mass is 309 g/mol. The van der Waals surface area contributed by atoms with Crippen molar-refractivity contribution in [1.29, 1.82) is 0 Å². The summed E-state index contributed by atoms with van der Waals surface area (Å²) in [7, 11) is 0. The van der Waals surface area contributed by atoms with E-state index in [1.54, 1.807) is 0 Å². The van der Waals surface area contributed by atoms with Crippen LogP contribution in [0, 0.1) is 6.92 Å². The van der Waals surface area contributed by atoms with Crippen LogP contribution < -0.4 is 16.0 Å². The molecule has 1 aromatic rings. The zero-order valence-electron chi connectivity index (χ0n) is 14.6. The van der Waals surface area contributed by atoms with Crippen LogP contribution >= 0.6 is 0 Å². The van der Waals surface area contributed by atoms with Crippen LogP contribution in [0.2, 0.25) is 0 Å². The Labute approximate surface area is 136 Å². The molecule has 4 nitrogen and oxygen atoms in total. The summed E-state index contributed by atoms with van der Waals surface area (Å²) < 4.78 is 2.48. The Hall–Kier alpha value is -0.870. The molecule has 0 aliphatic heterocycles. The summed E-state index contributed by atoms with van der Waals surface area (Å²) in [6.07, 6.45) is 16.1. The molecule has 0 saturated heterocycles. The maximum atomic E-state index is 5.53. The lowest BCUT2D eigenvalue weighted by Crippen LogP contribution is -2.39. The molecule has 0 fully saturated rings. The van der Waals surface area contributed by atoms with Crippen LogP contribution in [0.1, 0.15) is 75.7 Å². The first kappa shape index (κ1) is 19.2. The van der Waals surface area contributed by atoms with E-state index in [-0.39, 0.29) is 0 Å². The number of nitrogens with two attached hydrogens (primary N) is 2. The molecule has 4 heteroatoms. The quantitative estimate of drug-likeness (QED) is 0.365. The molecule has 1 aromatic heterocycles. The van der Waals surface area contributed by atoms with Crippen LogP contribution in [0.4, 0.5) is 0 Å². The zero-order chi connectivity index (χ0) is 16.0. The zero-order valence-corrected chi connectivity index (χ0v) is 14.6. The summed E-state index contributed by atoms with van der Waals surface area (Å²) >= 11 is 0. The largest absolute Gasteiger partial charge is 0.330 e. The second kappa shape index (κ2) is 12.7. The molecular weight excluding hydrogens is 272 g/mol. The van der Waals surface area contributed by atoms with E-state index in [0.717, 1.165) is 19.6 Å². The summed E-state index contributed by atoms with van der Waals surface area (Å²) in [6.45, 7) is 5.00. The van der Waals surface area contributed by atoms with Crippen molar-refractivity contribution in [2.45, 2.75) is 84.1 Å². The number of aromatic nitrogens is 2. The van der Waals surface area contributed by atoms with Gasteiger partial charge in [0.25, 0.3) is 5.82 Å². The van der Waals surface area contributed by atoms with Gasteiger partial charge < -0.3 is 11.5 Å². The predicted molar refractivity (Wildman–Crippen MR) is 93.7 cm³/mol. The van der Waals surface area contributed by atoms with Crippen molar-refractivity contribution in [3.05, 3.63) is 17.7 Å². The Morgan fingerprint density at radius 2 is 1.36 bits per heavy atom. The molecule has 128 valence electrons. The van der Waals surface area contributed by atoms with E-state index in [9.17, 15) is 0 Å². The number of aromatic amines is 1. The summed E-state index contributed by atoms with van der Waals surface area (Å²) in [5.74, 6) is 1.29. The van der Waals surface area contributed by atoms with Gasteiger partial charge in [-0.25, -0.2) is 9.55 Å². The minimum atomic E-state index is 0.834. The molecule has 0 aliphatic carbocycles. The molecular formula is C18H37N4+. The SMILES string of the molecule is Cc1[nH]cc(CCCCCCCN)[n+]1CCCCCCCN. The van der Waals surface area contributed by atoms with E-state index in [1.807, 2.05) is 0 Å². The highest BCUT2D eigenvalue weighted by Gasteiger charge is 2.13. The van der Waals surface area contributed by atoms with Gasteiger partial charge in [-0.2, -0.15) is 0 Å². The first-order valence-corrected chi connectivity index (χ1v) is 9.26. The van der Waals surface area contributed by atoms with Gasteiger partial charge in [0.1, 0.15) is 11.9 Å². The summed E-state index contributed by atoms with van der Waals surface area (Å²) in [5, 5.41) is 0. The lowest BCUT2D eigenvalue weighted by atomic mass is 10.1. The molecule has 1 heterocycles. The van der Waals surface area contributed by atoms with Crippen LogP contribution in [0.5, 0.6) is 0 Å². The number of unbranched alkanes of at least 4 members (excludes halogenated alkanes) is 8. The predicted octanol–water partition coefficient (Wildman–Crippen LogP) is 2.97. The van der Waals surface area contributed by atoms with Gasteiger partial charge in [0.2, 0.25) is 0 Å². The molecule has 0 aliphatic rings. The number of aryl methyl sites for hydroxylation is 2. The maximum absolute atomic E-state index is 5.53. The molecule has 0 bridgehead atoms. The number of nitrogens with zero attached hydrogens (tertiary/aromatic N) is 1. The van der Waals surface area contributed by atoms with Crippen molar-refractivity contribution in [3.63, 3.8) is 0 Å². The fourth-order valence-corrected chi connectivity index (χ4v) is 3.00. The van der Waals surface area contributed by atoms with Crippen LogP contribution in [-0.2, 0) is 13.0 Å². The van der Waals surface area contributed by atoms with Gasteiger partial charge in [0.15, 0.2) is 0 Å². The smallest absolute Gasteiger partial charge is 0.251 e. The summed E-state index contributed by atoms with van der Waals surface area (Å²) in [5.41, 5.74) is 12.5. The molecule has 0 atom stereocenters. The Bertz CT molecular complexity index is 373. The van der Waals surface area contributed by atoms with E-state index < -0.39 is 0 Å². The van der Waals surface area contributed by atoms with Crippen LogP contribution in [0.15, 0.2) is 6.20 Å². The van der Waals surface area contributed by atoms with Gasteiger partial charge in [-0.15, -0.1) is 0 Å². The van der Waals surface area contributed by atoms with E-state index >= 15 is 0 Å². The highest BCUT2D eigenvalue weighted by Crippen LogP contribution is 2.08. The van der Waals surface area contributed by atoms with Crippen LogP contribution in [0.3, 0.4) is 0 Å². The third-order valence-corrected chi connectivity index (χ3v) is 4.42. The fraction of sp³-hybridized carbons (Fsp3) is 0.833.